The molecular weight excluding hydrogens is 202 g/mol. The summed E-state index contributed by atoms with van der Waals surface area (Å²) in [6.45, 7) is 0.00990. The highest BCUT2D eigenvalue weighted by molar-refractivity contribution is 5.82. The fourth-order valence-electron chi connectivity index (χ4n) is 1.58. The van der Waals surface area contributed by atoms with Gasteiger partial charge in [0.05, 0.1) is 19.2 Å². The van der Waals surface area contributed by atoms with Crippen LogP contribution >= 0.6 is 0 Å². The Morgan fingerprint density at radius 1 is 1.38 bits per heavy atom. The van der Waals surface area contributed by atoms with Crippen LogP contribution in [0.2, 0.25) is 0 Å². The lowest BCUT2D eigenvalue weighted by Crippen LogP contribution is -1.92. The molecule has 0 fully saturated rings. The topological polar surface area (TPSA) is 42.4 Å². The van der Waals surface area contributed by atoms with E-state index < -0.39 is 0 Å². The van der Waals surface area contributed by atoms with Crippen LogP contribution in [0.25, 0.3) is 17.0 Å². The van der Waals surface area contributed by atoms with Gasteiger partial charge in [-0.25, -0.2) is 4.98 Å². The molecule has 0 aliphatic carbocycles. The first-order valence-corrected chi connectivity index (χ1v) is 5.06. The van der Waals surface area contributed by atoms with Crippen molar-refractivity contribution in [1.82, 2.24) is 4.98 Å². The van der Waals surface area contributed by atoms with Gasteiger partial charge in [0.1, 0.15) is 0 Å². The number of nitrogens with zero attached hydrogens (tertiary/aromatic N) is 1. The SMILES string of the molecule is COc1nc2ccccc2cc1C=CCO. The molecule has 1 aromatic carbocycles. The van der Waals surface area contributed by atoms with Gasteiger partial charge in [-0.05, 0) is 12.1 Å². The molecule has 0 aliphatic heterocycles. The highest BCUT2D eigenvalue weighted by atomic mass is 16.5. The van der Waals surface area contributed by atoms with E-state index in [1.165, 1.54) is 0 Å². The Morgan fingerprint density at radius 3 is 2.94 bits per heavy atom. The summed E-state index contributed by atoms with van der Waals surface area (Å²) in [5.41, 5.74) is 1.77. The van der Waals surface area contributed by atoms with Crippen molar-refractivity contribution >= 4 is 17.0 Å². The average Bonchev–Trinajstić information content (AvgIpc) is 2.35. The third-order valence-electron chi connectivity index (χ3n) is 2.31. The number of hydrogen-bond acceptors (Lipinski definition) is 3. The van der Waals surface area contributed by atoms with Gasteiger partial charge in [-0.3, -0.25) is 0 Å². The third-order valence-corrected chi connectivity index (χ3v) is 2.31. The van der Waals surface area contributed by atoms with Crippen LogP contribution in [0.5, 0.6) is 5.88 Å². The maximum Gasteiger partial charge on any atom is 0.221 e. The zero-order valence-electron chi connectivity index (χ0n) is 9.05. The average molecular weight is 215 g/mol. The van der Waals surface area contributed by atoms with Crippen LogP contribution in [-0.2, 0) is 0 Å². The summed E-state index contributed by atoms with van der Waals surface area (Å²) in [6.07, 6.45) is 3.46. The highest BCUT2D eigenvalue weighted by Gasteiger charge is 2.03. The zero-order chi connectivity index (χ0) is 11.4. The fraction of sp³-hybridized carbons (Fsp3) is 0.154. The minimum absolute atomic E-state index is 0.00990. The Labute approximate surface area is 94.0 Å². The Balaban J connectivity index is 2.58. The molecule has 1 N–H and O–H groups in total. The Bertz CT molecular complexity index is 520. The van der Waals surface area contributed by atoms with Crippen molar-refractivity contribution < 1.29 is 9.84 Å². The van der Waals surface area contributed by atoms with Crippen molar-refractivity contribution in [2.24, 2.45) is 0 Å². The van der Waals surface area contributed by atoms with Crippen molar-refractivity contribution in [3.8, 4) is 5.88 Å². The maximum atomic E-state index is 8.76. The molecule has 2 rings (SSSR count). The number of methoxy groups -OCH3 is 1. The minimum atomic E-state index is 0.00990. The maximum absolute atomic E-state index is 8.76. The van der Waals surface area contributed by atoms with Crippen LogP contribution in [-0.4, -0.2) is 23.8 Å². The van der Waals surface area contributed by atoms with E-state index in [0.717, 1.165) is 16.5 Å². The number of ether oxygens (including phenoxy) is 1. The van der Waals surface area contributed by atoms with E-state index in [9.17, 15) is 0 Å². The van der Waals surface area contributed by atoms with Gasteiger partial charge >= 0.3 is 0 Å². The minimum Gasteiger partial charge on any atom is -0.481 e. The molecule has 0 atom stereocenters. The molecule has 3 nitrogen and oxygen atoms in total. The highest BCUT2D eigenvalue weighted by Crippen LogP contribution is 2.22. The van der Waals surface area contributed by atoms with E-state index in [1.54, 1.807) is 19.3 Å². The lowest BCUT2D eigenvalue weighted by atomic mass is 10.1. The molecule has 1 heterocycles. The number of pyridine rings is 1. The van der Waals surface area contributed by atoms with Gasteiger partial charge in [0, 0.05) is 10.9 Å². The van der Waals surface area contributed by atoms with Gasteiger partial charge in [-0.1, -0.05) is 30.4 Å². The smallest absolute Gasteiger partial charge is 0.221 e. The lowest BCUT2D eigenvalue weighted by molar-refractivity contribution is 0.343. The van der Waals surface area contributed by atoms with Crippen LogP contribution in [0.4, 0.5) is 0 Å². The number of para-hydroxylation sites is 1. The predicted octanol–water partition coefficient (Wildman–Crippen LogP) is 2.25. The summed E-state index contributed by atoms with van der Waals surface area (Å²) < 4.78 is 5.21. The number of benzene rings is 1. The number of aliphatic hydroxyl groups excluding tert-OH is 1. The standard InChI is InChI=1S/C13H13NO2/c1-16-13-11(6-4-8-15)9-10-5-2-3-7-12(10)14-13/h2-7,9,15H,8H2,1H3. The zero-order valence-corrected chi connectivity index (χ0v) is 9.05. The van der Waals surface area contributed by atoms with Crippen LogP contribution < -0.4 is 4.74 Å². The second kappa shape index (κ2) is 4.77. The number of rotatable bonds is 3. The number of fused-ring (bicyclic) bond motifs is 1. The largest absolute Gasteiger partial charge is 0.481 e. The number of aromatic nitrogens is 1. The fourth-order valence-corrected chi connectivity index (χ4v) is 1.58. The molecule has 0 amide bonds. The first kappa shape index (κ1) is 10.6. The molecule has 2 aromatic rings. The van der Waals surface area contributed by atoms with E-state index in [0.29, 0.717) is 5.88 Å². The van der Waals surface area contributed by atoms with Gasteiger partial charge in [-0.2, -0.15) is 0 Å². The van der Waals surface area contributed by atoms with Gasteiger partial charge in [-0.15, -0.1) is 0 Å². The second-order valence-corrected chi connectivity index (χ2v) is 3.36. The van der Waals surface area contributed by atoms with Crippen molar-refractivity contribution in [2.75, 3.05) is 13.7 Å². The van der Waals surface area contributed by atoms with Gasteiger partial charge in [0.2, 0.25) is 5.88 Å². The summed E-state index contributed by atoms with van der Waals surface area (Å²) in [5.74, 6) is 0.573. The summed E-state index contributed by atoms with van der Waals surface area (Å²) in [4.78, 5) is 4.39. The summed E-state index contributed by atoms with van der Waals surface area (Å²) in [7, 11) is 1.59. The van der Waals surface area contributed by atoms with E-state index in [-0.39, 0.29) is 6.61 Å². The third kappa shape index (κ3) is 2.04. The Hall–Kier alpha value is -1.87. The van der Waals surface area contributed by atoms with E-state index >= 15 is 0 Å². The van der Waals surface area contributed by atoms with Crippen molar-refractivity contribution in [2.45, 2.75) is 0 Å². The van der Waals surface area contributed by atoms with Crippen LogP contribution in [0, 0.1) is 0 Å². The molecule has 82 valence electrons. The Kier molecular flexibility index (Phi) is 3.17. The summed E-state index contributed by atoms with van der Waals surface area (Å²) >= 11 is 0. The quantitative estimate of drug-likeness (QED) is 0.853. The molecule has 0 spiro atoms. The van der Waals surface area contributed by atoms with Gasteiger partial charge in [0.15, 0.2) is 0 Å². The first-order chi connectivity index (χ1) is 7.85. The summed E-state index contributed by atoms with van der Waals surface area (Å²) in [5, 5.41) is 9.81. The second-order valence-electron chi connectivity index (χ2n) is 3.36. The van der Waals surface area contributed by atoms with E-state index in [1.807, 2.05) is 30.3 Å². The lowest BCUT2D eigenvalue weighted by Gasteiger charge is -2.05. The predicted molar refractivity (Wildman–Crippen MR) is 64.4 cm³/mol. The summed E-state index contributed by atoms with van der Waals surface area (Å²) in [6, 6.07) is 9.84. The van der Waals surface area contributed by atoms with Crippen LogP contribution in [0.15, 0.2) is 36.4 Å². The molecule has 0 aliphatic rings. The van der Waals surface area contributed by atoms with Crippen LogP contribution in [0.1, 0.15) is 5.56 Å². The molecule has 0 unspecified atom stereocenters. The molecule has 16 heavy (non-hydrogen) atoms. The normalized spacial score (nSPS) is 11.1. The molecule has 0 radical (unpaired) electrons. The molecule has 1 aromatic heterocycles. The number of hydrogen-bond donors (Lipinski definition) is 1. The van der Waals surface area contributed by atoms with Crippen molar-refractivity contribution in [3.05, 3.63) is 42.0 Å². The monoisotopic (exact) mass is 215 g/mol. The molecular formula is C13H13NO2. The first-order valence-electron chi connectivity index (χ1n) is 5.06. The molecule has 0 saturated heterocycles. The van der Waals surface area contributed by atoms with Gasteiger partial charge < -0.3 is 9.84 Å². The molecule has 3 heteroatoms. The van der Waals surface area contributed by atoms with Gasteiger partial charge in [0.25, 0.3) is 0 Å². The van der Waals surface area contributed by atoms with Crippen LogP contribution in [0.3, 0.4) is 0 Å². The van der Waals surface area contributed by atoms with E-state index in [2.05, 4.69) is 4.98 Å². The number of aliphatic hydroxyl groups is 1. The van der Waals surface area contributed by atoms with E-state index in [4.69, 9.17) is 9.84 Å². The molecule has 0 saturated carbocycles. The Morgan fingerprint density at radius 2 is 2.19 bits per heavy atom. The molecule has 0 bridgehead atoms. The van der Waals surface area contributed by atoms with Crippen molar-refractivity contribution in [1.29, 1.82) is 0 Å². The van der Waals surface area contributed by atoms with Crippen molar-refractivity contribution in [3.63, 3.8) is 0 Å².